The van der Waals surface area contributed by atoms with Crippen LogP contribution in [0.3, 0.4) is 0 Å². The van der Waals surface area contributed by atoms with Gasteiger partial charge in [0.1, 0.15) is 11.5 Å². The Morgan fingerprint density at radius 2 is 1.84 bits per heavy atom. The van der Waals surface area contributed by atoms with E-state index in [9.17, 15) is 9.90 Å². The van der Waals surface area contributed by atoms with E-state index in [0.717, 1.165) is 34.0 Å². The fourth-order valence-electron chi connectivity index (χ4n) is 4.76. The Kier molecular flexibility index (Phi) is 7.16. The van der Waals surface area contributed by atoms with Crippen LogP contribution in [0.15, 0.2) is 71.3 Å². The molecular formula is C29H30N4O4. The van der Waals surface area contributed by atoms with Crippen molar-refractivity contribution >= 4 is 11.9 Å². The summed E-state index contributed by atoms with van der Waals surface area (Å²) in [5.74, 6) is 1.51. The topological polar surface area (TPSA) is 102 Å². The highest BCUT2D eigenvalue weighted by Gasteiger charge is 2.38. The van der Waals surface area contributed by atoms with Gasteiger partial charge >= 0.3 is 5.97 Å². The van der Waals surface area contributed by atoms with E-state index >= 15 is 0 Å². The molecule has 0 unspecified atom stereocenters. The SMILES string of the molecule is Cc1ccnc(N2C[C@H](Cc3ccc(OCCc4nc(-c5ccccc5)oc4C)cc3)[C@H](C(=O)O)C2)n1. The zero-order chi connectivity index (χ0) is 25.8. The molecule has 0 amide bonds. The van der Waals surface area contributed by atoms with E-state index in [4.69, 9.17) is 9.15 Å². The summed E-state index contributed by atoms with van der Waals surface area (Å²) in [6.07, 6.45) is 3.02. The van der Waals surface area contributed by atoms with Crippen LogP contribution in [-0.2, 0) is 17.6 Å². The maximum atomic E-state index is 11.9. The van der Waals surface area contributed by atoms with Crippen LogP contribution in [0.4, 0.5) is 5.95 Å². The van der Waals surface area contributed by atoms with Crippen molar-refractivity contribution in [2.75, 3.05) is 24.6 Å². The molecule has 37 heavy (non-hydrogen) atoms. The van der Waals surface area contributed by atoms with Crippen LogP contribution in [0.2, 0.25) is 0 Å². The van der Waals surface area contributed by atoms with Gasteiger partial charge in [-0.25, -0.2) is 15.0 Å². The van der Waals surface area contributed by atoms with Gasteiger partial charge in [0.25, 0.3) is 0 Å². The van der Waals surface area contributed by atoms with Crippen molar-refractivity contribution in [2.45, 2.75) is 26.7 Å². The minimum Gasteiger partial charge on any atom is -0.493 e. The van der Waals surface area contributed by atoms with Crippen LogP contribution in [0.1, 0.15) is 22.7 Å². The van der Waals surface area contributed by atoms with Gasteiger partial charge in [0.05, 0.1) is 18.2 Å². The van der Waals surface area contributed by atoms with Crippen molar-refractivity contribution < 1.29 is 19.1 Å². The van der Waals surface area contributed by atoms with E-state index in [1.807, 2.05) is 79.4 Å². The molecule has 4 aromatic rings. The third-order valence-corrected chi connectivity index (χ3v) is 6.77. The molecule has 0 radical (unpaired) electrons. The minimum absolute atomic E-state index is 0.0256. The average Bonchev–Trinajstić information content (AvgIpc) is 3.49. The van der Waals surface area contributed by atoms with Crippen molar-refractivity contribution in [3.8, 4) is 17.2 Å². The summed E-state index contributed by atoms with van der Waals surface area (Å²) in [5.41, 5.74) is 3.79. The molecule has 1 saturated heterocycles. The maximum absolute atomic E-state index is 11.9. The molecule has 8 heteroatoms. The molecule has 2 aromatic carbocycles. The largest absolute Gasteiger partial charge is 0.493 e. The van der Waals surface area contributed by atoms with Gasteiger partial charge in [0.15, 0.2) is 0 Å². The molecule has 5 rings (SSSR count). The number of nitrogens with zero attached hydrogens (tertiary/aromatic N) is 4. The predicted octanol–water partition coefficient (Wildman–Crippen LogP) is 4.75. The van der Waals surface area contributed by atoms with Crippen molar-refractivity contribution in [1.29, 1.82) is 0 Å². The van der Waals surface area contributed by atoms with Crippen LogP contribution in [0, 0.1) is 25.7 Å². The molecule has 3 heterocycles. The van der Waals surface area contributed by atoms with E-state index < -0.39 is 11.9 Å². The number of hydrogen-bond acceptors (Lipinski definition) is 7. The summed E-state index contributed by atoms with van der Waals surface area (Å²) in [7, 11) is 0. The van der Waals surface area contributed by atoms with Gasteiger partial charge in [-0.1, -0.05) is 30.3 Å². The zero-order valence-corrected chi connectivity index (χ0v) is 21.0. The normalized spacial score (nSPS) is 17.2. The van der Waals surface area contributed by atoms with Crippen molar-refractivity contribution in [3.63, 3.8) is 0 Å². The minimum atomic E-state index is -0.779. The number of carboxylic acid groups (broad SMARTS) is 1. The lowest BCUT2D eigenvalue weighted by Crippen LogP contribution is -2.25. The summed E-state index contributed by atoms with van der Waals surface area (Å²) in [4.78, 5) is 27.4. The number of aryl methyl sites for hydroxylation is 2. The number of aliphatic carboxylic acids is 1. The second kappa shape index (κ2) is 10.8. The molecule has 1 N–H and O–H groups in total. The van der Waals surface area contributed by atoms with Gasteiger partial charge in [-0.3, -0.25) is 4.79 Å². The fraction of sp³-hybridized carbons (Fsp3) is 0.310. The molecule has 190 valence electrons. The van der Waals surface area contributed by atoms with Crippen LogP contribution >= 0.6 is 0 Å². The lowest BCUT2D eigenvalue weighted by Gasteiger charge is -2.16. The second-order valence-electron chi connectivity index (χ2n) is 9.44. The van der Waals surface area contributed by atoms with E-state index in [0.29, 0.717) is 44.4 Å². The molecule has 1 aliphatic rings. The molecule has 1 fully saturated rings. The number of benzene rings is 2. The zero-order valence-electron chi connectivity index (χ0n) is 21.0. The first kappa shape index (κ1) is 24.5. The Hall–Kier alpha value is -4.20. The highest BCUT2D eigenvalue weighted by molar-refractivity contribution is 5.72. The van der Waals surface area contributed by atoms with Crippen molar-refractivity contribution in [1.82, 2.24) is 15.0 Å². The molecule has 2 aromatic heterocycles. The first-order valence-corrected chi connectivity index (χ1v) is 12.5. The van der Waals surface area contributed by atoms with Crippen LogP contribution < -0.4 is 9.64 Å². The number of oxazole rings is 1. The highest BCUT2D eigenvalue weighted by Crippen LogP contribution is 2.30. The molecule has 0 spiro atoms. The van der Waals surface area contributed by atoms with Gasteiger partial charge in [-0.2, -0.15) is 0 Å². The molecule has 0 bridgehead atoms. The number of rotatable bonds is 9. The standard InChI is InChI=1S/C29H30N4O4/c1-19-12-14-30-29(31-19)33-17-23(25(18-33)28(34)35)16-21-8-10-24(11-9-21)36-15-13-26-20(2)37-27(32-26)22-6-4-3-5-7-22/h3-12,14,23,25H,13,15-18H2,1-2H3,(H,34,35)/t23-,25+/m0/s1. The summed E-state index contributed by atoms with van der Waals surface area (Å²) in [6.45, 7) is 5.34. The second-order valence-corrected chi connectivity index (χ2v) is 9.44. The third-order valence-electron chi connectivity index (χ3n) is 6.77. The average molecular weight is 499 g/mol. The van der Waals surface area contributed by atoms with E-state index in [1.165, 1.54) is 0 Å². The summed E-state index contributed by atoms with van der Waals surface area (Å²) < 4.78 is 11.8. The predicted molar refractivity (Wildman–Crippen MR) is 140 cm³/mol. The van der Waals surface area contributed by atoms with Crippen molar-refractivity contribution in [2.24, 2.45) is 11.8 Å². The lowest BCUT2D eigenvalue weighted by atomic mass is 9.90. The maximum Gasteiger partial charge on any atom is 0.308 e. The smallest absolute Gasteiger partial charge is 0.308 e. The van der Waals surface area contributed by atoms with Gasteiger partial charge < -0.3 is 19.2 Å². The number of carboxylic acids is 1. The molecule has 1 aliphatic heterocycles. The van der Waals surface area contributed by atoms with Crippen molar-refractivity contribution in [3.05, 3.63) is 89.6 Å². The molecule has 0 saturated carbocycles. The van der Waals surface area contributed by atoms with Gasteiger partial charge in [0.2, 0.25) is 11.8 Å². The Morgan fingerprint density at radius 1 is 1.05 bits per heavy atom. The Bertz CT molecular complexity index is 1350. The van der Waals surface area contributed by atoms with Crippen LogP contribution in [-0.4, -0.2) is 45.7 Å². The quantitative estimate of drug-likeness (QED) is 0.353. The summed E-state index contributed by atoms with van der Waals surface area (Å²) in [5, 5.41) is 9.80. The van der Waals surface area contributed by atoms with E-state index in [1.54, 1.807) is 6.20 Å². The molecule has 8 nitrogen and oxygen atoms in total. The van der Waals surface area contributed by atoms with Crippen LogP contribution in [0.5, 0.6) is 5.75 Å². The first-order chi connectivity index (χ1) is 18.0. The Morgan fingerprint density at radius 3 is 2.57 bits per heavy atom. The first-order valence-electron chi connectivity index (χ1n) is 12.5. The van der Waals surface area contributed by atoms with Crippen LogP contribution in [0.25, 0.3) is 11.5 Å². The monoisotopic (exact) mass is 498 g/mol. The number of aromatic nitrogens is 3. The van der Waals surface area contributed by atoms with E-state index in [-0.39, 0.29) is 5.92 Å². The highest BCUT2D eigenvalue weighted by atomic mass is 16.5. The number of ether oxygens (including phenoxy) is 1. The van der Waals surface area contributed by atoms with E-state index in [2.05, 4.69) is 15.0 Å². The third kappa shape index (κ3) is 5.80. The molecular weight excluding hydrogens is 468 g/mol. The van der Waals surface area contributed by atoms with Gasteiger partial charge in [-0.05, 0) is 62.1 Å². The summed E-state index contributed by atoms with van der Waals surface area (Å²) in [6, 6.07) is 19.6. The fourth-order valence-corrected chi connectivity index (χ4v) is 4.76. The number of carbonyl (C=O) groups is 1. The summed E-state index contributed by atoms with van der Waals surface area (Å²) >= 11 is 0. The molecule has 0 aliphatic carbocycles. The lowest BCUT2D eigenvalue weighted by molar-refractivity contribution is -0.142. The van der Waals surface area contributed by atoms with Gasteiger partial charge in [-0.15, -0.1) is 0 Å². The number of anilines is 1. The number of hydrogen-bond donors (Lipinski definition) is 1. The molecule has 2 atom stereocenters. The Labute approximate surface area is 216 Å². The Balaban J connectivity index is 1.16. The van der Waals surface area contributed by atoms with Gasteiger partial charge in [0, 0.05) is 37.0 Å².